The van der Waals surface area contributed by atoms with Gasteiger partial charge in [-0.1, -0.05) is 49.4 Å². The molecule has 2 aromatic carbocycles. The van der Waals surface area contributed by atoms with Gasteiger partial charge in [0.05, 0.1) is 12.5 Å². The second-order valence-corrected chi connectivity index (χ2v) is 7.42. The van der Waals surface area contributed by atoms with E-state index in [1.807, 2.05) is 54.6 Å². The maximum Gasteiger partial charge on any atom is 0.260 e. The van der Waals surface area contributed by atoms with Gasteiger partial charge >= 0.3 is 0 Å². The summed E-state index contributed by atoms with van der Waals surface area (Å²) in [7, 11) is 1.65. The van der Waals surface area contributed by atoms with E-state index in [9.17, 15) is 4.79 Å². The van der Waals surface area contributed by atoms with Crippen molar-refractivity contribution in [1.82, 2.24) is 9.97 Å². The normalized spacial score (nSPS) is 11.0. The van der Waals surface area contributed by atoms with E-state index in [4.69, 9.17) is 9.72 Å². The molecule has 0 spiro atoms. The lowest BCUT2D eigenvalue weighted by Crippen LogP contribution is -2.11. The molecule has 4 rings (SSSR count). The molecule has 0 radical (unpaired) electrons. The molecular formula is C22H20N2O2S. The smallest absolute Gasteiger partial charge is 0.260 e. The van der Waals surface area contributed by atoms with E-state index in [2.05, 4.69) is 11.9 Å². The number of aromatic nitrogens is 2. The van der Waals surface area contributed by atoms with Crippen molar-refractivity contribution in [3.63, 3.8) is 0 Å². The number of hydrogen-bond donors (Lipinski definition) is 1. The number of aromatic amines is 1. The molecule has 0 aliphatic carbocycles. The average Bonchev–Trinajstić information content (AvgIpc) is 3.08. The molecule has 4 nitrogen and oxygen atoms in total. The first-order valence-electron chi connectivity index (χ1n) is 8.92. The van der Waals surface area contributed by atoms with Gasteiger partial charge in [-0.25, -0.2) is 4.98 Å². The zero-order valence-corrected chi connectivity index (χ0v) is 16.1. The Kier molecular flexibility index (Phi) is 4.77. The summed E-state index contributed by atoms with van der Waals surface area (Å²) >= 11 is 1.60. The zero-order valence-electron chi connectivity index (χ0n) is 15.3. The van der Waals surface area contributed by atoms with Gasteiger partial charge in [-0.3, -0.25) is 4.79 Å². The highest BCUT2D eigenvalue weighted by Gasteiger charge is 2.18. The number of methoxy groups -OCH3 is 1. The Balaban J connectivity index is 1.86. The molecule has 1 N–H and O–H groups in total. The van der Waals surface area contributed by atoms with E-state index < -0.39 is 0 Å². The molecule has 4 aromatic rings. The molecule has 0 aliphatic heterocycles. The Morgan fingerprint density at radius 3 is 2.67 bits per heavy atom. The quantitative estimate of drug-likeness (QED) is 0.544. The summed E-state index contributed by atoms with van der Waals surface area (Å²) in [6.07, 6.45) is 1.46. The van der Waals surface area contributed by atoms with Crippen molar-refractivity contribution in [2.24, 2.45) is 0 Å². The standard InChI is InChI=1S/C22H20N2O2S/c1-3-17-19(15-10-7-11-16(13-15)26-2)20-21(25)23-18(24-22(20)27-17)12-14-8-5-4-6-9-14/h4-11,13H,3,12H2,1-2H3,(H,23,24,25). The zero-order chi connectivity index (χ0) is 18.8. The van der Waals surface area contributed by atoms with Gasteiger partial charge in [0.1, 0.15) is 16.4 Å². The number of rotatable bonds is 5. The lowest BCUT2D eigenvalue weighted by atomic mass is 10.0. The molecule has 0 bridgehead atoms. The van der Waals surface area contributed by atoms with E-state index in [0.717, 1.165) is 38.6 Å². The summed E-state index contributed by atoms with van der Waals surface area (Å²) in [5.41, 5.74) is 3.00. The maximum atomic E-state index is 12.9. The lowest BCUT2D eigenvalue weighted by molar-refractivity contribution is 0.415. The van der Waals surface area contributed by atoms with E-state index in [0.29, 0.717) is 17.6 Å². The Morgan fingerprint density at radius 2 is 1.93 bits per heavy atom. The van der Waals surface area contributed by atoms with Crippen LogP contribution in [0.2, 0.25) is 0 Å². The van der Waals surface area contributed by atoms with Crippen LogP contribution in [0, 0.1) is 0 Å². The van der Waals surface area contributed by atoms with E-state index in [1.165, 1.54) is 0 Å². The first kappa shape index (κ1) is 17.5. The molecule has 0 fully saturated rings. The minimum Gasteiger partial charge on any atom is -0.497 e. The van der Waals surface area contributed by atoms with Crippen LogP contribution < -0.4 is 10.3 Å². The van der Waals surface area contributed by atoms with Crippen LogP contribution in [-0.2, 0) is 12.8 Å². The van der Waals surface area contributed by atoms with Crippen LogP contribution in [0.25, 0.3) is 21.3 Å². The summed E-state index contributed by atoms with van der Waals surface area (Å²) in [5, 5.41) is 0.668. The summed E-state index contributed by atoms with van der Waals surface area (Å²) in [5.74, 6) is 1.47. The van der Waals surface area contributed by atoms with Gasteiger partial charge in [0, 0.05) is 16.9 Å². The third-order valence-electron chi connectivity index (χ3n) is 4.58. The van der Waals surface area contributed by atoms with Crippen molar-refractivity contribution in [1.29, 1.82) is 0 Å². The largest absolute Gasteiger partial charge is 0.497 e. The SMILES string of the molecule is CCc1sc2nc(Cc3ccccc3)[nH]c(=O)c2c1-c1cccc(OC)c1. The Labute approximate surface area is 161 Å². The fourth-order valence-electron chi connectivity index (χ4n) is 3.30. The molecule has 0 saturated heterocycles. The number of nitrogens with one attached hydrogen (secondary N) is 1. The molecular weight excluding hydrogens is 356 g/mol. The van der Waals surface area contributed by atoms with Gasteiger partial charge in [-0.05, 0) is 29.7 Å². The highest BCUT2D eigenvalue weighted by Crippen LogP contribution is 2.37. The third-order valence-corrected chi connectivity index (χ3v) is 5.81. The Hall–Kier alpha value is -2.92. The van der Waals surface area contributed by atoms with Gasteiger partial charge in [0.25, 0.3) is 5.56 Å². The number of benzene rings is 2. The van der Waals surface area contributed by atoms with Gasteiger partial charge in [-0.15, -0.1) is 11.3 Å². The Morgan fingerprint density at radius 1 is 1.11 bits per heavy atom. The summed E-state index contributed by atoms with van der Waals surface area (Å²) in [6.45, 7) is 2.10. The number of ether oxygens (including phenoxy) is 1. The molecule has 0 unspecified atom stereocenters. The molecule has 136 valence electrons. The number of thiophene rings is 1. The molecule has 0 atom stereocenters. The van der Waals surface area contributed by atoms with Crippen LogP contribution in [0.3, 0.4) is 0 Å². The minimum atomic E-state index is -0.0836. The average molecular weight is 376 g/mol. The van der Waals surface area contributed by atoms with Gasteiger partial charge in [-0.2, -0.15) is 0 Å². The van der Waals surface area contributed by atoms with E-state index in [1.54, 1.807) is 18.4 Å². The summed E-state index contributed by atoms with van der Waals surface area (Å²) in [6, 6.07) is 17.9. The molecule has 0 aliphatic rings. The number of H-pyrrole nitrogens is 1. The molecule has 27 heavy (non-hydrogen) atoms. The second kappa shape index (κ2) is 7.37. The highest BCUT2D eigenvalue weighted by atomic mass is 32.1. The predicted molar refractivity (Wildman–Crippen MR) is 111 cm³/mol. The monoisotopic (exact) mass is 376 g/mol. The van der Waals surface area contributed by atoms with Crippen LogP contribution in [0.5, 0.6) is 5.75 Å². The van der Waals surface area contributed by atoms with Gasteiger partial charge < -0.3 is 9.72 Å². The van der Waals surface area contributed by atoms with E-state index >= 15 is 0 Å². The summed E-state index contributed by atoms with van der Waals surface area (Å²) < 4.78 is 5.36. The van der Waals surface area contributed by atoms with Crippen molar-refractivity contribution < 1.29 is 4.74 Å². The van der Waals surface area contributed by atoms with Crippen molar-refractivity contribution >= 4 is 21.6 Å². The number of nitrogens with zero attached hydrogens (tertiary/aromatic N) is 1. The van der Waals surface area contributed by atoms with Crippen LogP contribution >= 0.6 is 11.3 Å². The van der Waals surface area contributed by atoms with Crippen LogP contribution in [-0.4, -0.2) is 17.1 Å². The van der Waals surface area contributed by atoms with Crippen LogP contribution in [0.4, 0.5) is 0 Å². The Bertz CT molecular complexity index is 1150. The molecule has 0 amide bonds. The van der Waals surface area contributed by atoms with Crippen molar-refractivity contribution in [3.8, 4) is 16.9 Å². The molecule has 5 heteroatoms. The van der Waals surface area contributed by atoms with Crippen LogP contribution in [0.1, 0.15) is 23.2 Å². The summed E-state index contributed by atoms with van der Waals surface area (Å²) in [4.78, 5) is 22.6. The molecule has 2 heterocycles. The van der Waals surface area contributed by atoms with Crippen LogP contribution in [0.15, 0.2) is 59.4 Å². The van der Waals surface area contributed by atoms with Crippen molar-refractivity contribution in [2.75, 3.05) is 7.11 Å². The predicted octanol–water partition coefficient (Wildman–Crippen LogP) is 4.81. The number of hydrogen-bond acceptors (Lipinski definition) is 4. The highest BCUT2D eigenvalue weighted by molar-refractivity contribution is 7.19. The fourth-order valence-corrected chi connectivity index (χ4v) is 4.46. The lowest BCUT2D eigenvalue weighted by Gasteiger charge is -2.06. The van der Waals surface area contributed by atoms with E-state index in [-0.39, 0.29) is 5.56 Å². The minimum absolute atomic E-state index is 0.0836. The first-order chi connectivity index (χ1) is 13.2. The fraction of sp³-hybridized carbons (Fsp3) is 0.182. The van der Waals surface area contributed by atoms with Crippen molar-refractivity contribution in [2.45, 2.75) is 19.8 Å². The number of aryl methyl sites for hydroxylation is 1. The molecule has 0 saturated carbocycles. The maximum absolute atomic E-state index is 12.9. The third kappa shape index (κ3) is 3.38. The first-order valence-corrected chi connectivity index (χ1v) is 9.74. The second-order valence-electron chi connectivity index (χ2n) is 6.34. The van der Waals surface area contributed by atoms with Crippen molar-refractivity contribution in [3.05, 3.63) is 81.2 Å². The van der Waals surface area contributed by atoms with Gasteiger partial charge in [0.15, 0.2) is 0 Å². The van der Waals surface area contributed by atoms with Gasteiger partial charge in [0.2, 0.25) is 0 Å². The topological polar surface area (TPSA) is 55.0 Å². The number of fused-ring (bicyclic) bond motifs is 1. The molecule has 2 aromatic heterocycles.